The number of hydrogen-bond donors (Lipinski definition) is 1. The van der Waals surface area contributed by atoms with Crippen LogP contribution in [0, 0.1) is 6.92 Å². The van der Waals surface area contributed by atoms with Crippen molar-refractivity contribution >= 4 is 17.4 Å². The number of nitrogens with zero attached hydrogens (tertiary/aromatic N) is 3. The van der Waals surface area contributed by atoms with Gasteiger partial charge >= 0.3 is 0 Å². The molecule has 1 saturated heterocycles. The first-order valence-electron chi connectivity index (χ1n) is 10.1. The van der Waals surface area contributed by atoms with Crippen molar-refractivity contribution in [1.82, 2.24) is 9.97 Å². The summed E-state index contributed by atoms with van der Waals surface area (Å²) < 4.78 is 11.7. The van der Waals surface area contributed by atoms with E-state index in [-0.39, 0.29) is 0 Å². The van der Waals surface area contributed by atoms with Gasteiger partial charge < -0.3 is 20.1 Å². The Morgan fingerprint density at radius 1 is 1.13 bits per heavy atom. The minimum absolute atomic E-state index is 0.600. The molecule has 30 heavy (non-hydrogen) atoms. The summed E-state index contributed by atoms with van der Waals surface area (Å²) in [6, 6.07) is 13.5. The van der Waals surface area contributed by atoms with Crippen LogP contribution in [0.1, 0.15) is 11.3 Å². The molecule has 0 bridgehead atoms. The van der Waals surface area contributed by atoms with Crippen LogP contribution in [-0.4, -0.2) is 42.8 Å². The molecule has 3 aromatic rings. The molecule has 2 N–H and O–H groups in total. The zero-order chi connectivity index (χ0) is 20.9. The molecule has 2 aromatic heterocycles. The monoisotopic (exact) mass is 424 g/mol. The van der Waals surface area contributed by atoms with Crippen molar-refractivity contribution in [3.8, 4) is 22.8 Å². The fraction of sp³-hybridized carbons (Fsp3) is 0.304. The number of ether oxygens (including phenoxy) is 2. The molecular weight excluding hydrogens is 400 g/mol. The molecule has 0 unspecified atom stereocenters. The Morgan fingerprint density at radius 3 is 2.70 bits per heavy atom. The third-order valence-electron chi connectivity index (χ3n) is 4.95. The molecule has 1 aliphatic heterocycles. The molecule has 0 amide bonds. The van der Waals surface area contributed by atoms with Gasteiger partial charge in [-0.2, -0.15) is 0 Å². The van der Waals surface area contributed by atoms with Crippen molar-refractivity contribution in [2.75, 3.05) is 37.7 Å². The number of aromatic nitrogens is 2. The van der Waals surface area contributed by atoms with Gasteiger partial charge in [-0.05, 0) is 43.7 Å². The Bertz CT molecular complexity index is 1000. The lowest BCUT2D eigenvalue weighted by atomic mass is 10.1. The van der Waals surface area contributed by atoms with Crippen molar-refractivity contribution in [3.05, 3.63) is 64.9 Å². The summed E-state index contributed by atoms with van der Waals surface area (Å²) in [6.07, 6.45) is 2.66. The molecule has 0 aliphatic carbocycles. The van der Waals surface area contributed by atoms with Gasteiger partial charge in [0.05, 0.1) is 18.9 Å². The molecule has 0 saturated carbocycles. The van der Waals surface area contributed by atoms with E-state index < -0.39 is 0 Å². The predicted octanol–water partition coefficient (Wildman–Crippen LogP) is 4.24. The summed E-state index contributed by atoms with van der Waals surface area (Å²) in [5.41, 5.74) is 9.33. The van der Waals surface area contributed by atoms with Crippen LogP contribution in [0.4, 0.5) is 5.82 Å². The van der Waals surface area contributed by atoms with Crippen LogP contribution in [0.25, 0.3) is 11.3 Å². The second-order valence-corrected chi connectivity index (χ2v) is 7.67. The first-order valence-corrected chi connectivity index (χ1v) is 10.4. The largest absolute Gasteiger partial charge is 0.456 e. The lowest BCUT2D eigenvalue weighted by molar-refractivity contribution is 0.122. The topological polar surface area (TPSA) is 73.5 Å². The van der Waals surface area contributed by atoms with Gasteiger partial charge in [-0.25, -0.2) is 4.98 Å². The Balaban J connectivity index is 1.64. The first kappa shape index (κ1) is 20.6. The quantitative estimate of drug-likeness (QED) is 0.638. The SMILES string of the molecule is Cc1cc(Oc2cc(Cl)ccc2-c2ccc(CCN)cn2)cc(N2CCOCC2)n1. The second kappa shape index (κ2) is 9.43. The summed E-state index contributed by atoms with van der Waals surface area (Å²) >= 11 is 6.27. The lowest BCUT2D eigenvalue weighted by Crippen LogP contribution is -2.36. The van der Waals surface area contributed by atoms with Gasteiger partial charge in [0, 0.05) is 53.8 Å². The highest BCUT2D eigenvalue weighted by molar-refractivity contribution is 6.30. The molecule has 1 aliphatic rings. The molecule has 6 nitrogen and oxygen atoms in total. The van der Waals surface area contributed by atoms with Crippen molar-refractivity contribution in [2.24, 2.45) is 5.73 Å². The molecule has 7 heteroatoms. The van der Waals surface area contributed by atoms with Gasteiger partial charge in [-0.3, -0.25) is 4.98 Å². The molecule has 0 atom stereocenters. The Morgan fingerprint density at radius 2 is 1.97 bits per heavy atom. The highest BCUT2D eigenvalue weighted by atomic mass is 35.5. The normalized spacial score (nSPS) is 14.0. The zero-order valence-electron chi connectivity index (χ0n) is 17.0. The van der Waals surface area contributed by atoms with Crippen molar-refractivity contribution in [2.45, 2.75) is 13.3 Å². The van der Waals surface area contributed by atoms with Crippen molar-refractivity contribution in [3.63, 3.8) is 0 Å². The average molecular weight is 425 g/mol. The summed E-state index contributed by atoms with van der Waals surface area (Å²) in [7, 11) is 0. The van der Waals surface area contributed by atoms with Crippen LogP contribution in [0.2, 0.25) is 5.02 Å². The van der Waals surface area contributed by atoms with Gasteiger partial charge in [-0.1, -0.05) is 17.7 Å². The van der Waals surface area contributed by atoms with Gasteiger partial charge in [-0.15, -0.1) is 0 Å². The Labute approximate surface area is 181 Å². The standard InChI is InChI=1S/C23H25ClN4O2/c1-16-12-19(14-23(27-16)28-8-10-29-11-9-28)30-22-13-18(24)3-4-20(22)21-5-2-17(6-7-25)15-26-21/h2-5,12-15H,6-11,25H2,1H3. The van der Waals surface area contributed by atoms with E-state index in [1.165, 1.54) is 0 Å². The third kappa shape index (κ3) is 4.90. The van der Waals surface area contributed by atoms with E-state index in [0.717, 1.165) is 47.8 Å². The molecule has 0 radical (unpaired) electrons. The first-order chi connectivity index (χ1) is 14.6. The van der Waals surface area contributed by atoms with E-state index in [4.69, 9.17) is 26.8 Å². The molecule has 1 fully saturated rings. The molecular formula is C23H25ClN4O2. The number of anilines is 1. The predicted molar refractivity (Wildman–Crippen MR) is 120 cm³/mol. The molecule has 0 spiro atoms. The lowest BCUT2D eigenvalue weighted by Gasteiger charge is -2.28. The highest BCUT2D eigenvalue weighted by Crippen LogP contribution is 2.36. The van der Waals surface area contributed by atoms with Crippen LogP contribution in [-0.2, 0) is 11.2 Å². The van der Waals surface area contributed by atoms with E-state index in [9.17, 15) is 0 Å². The number of hydrogen-bond acceptors (Lipinski definition) is 6. The summed E-state index contributed by atoms with van der Waals surface area (Å²) in [5.74, 6) is 2.26. The number of benzene rings is 1. The Kier molecular flexibility index (Phi) is 6.47. The molecule has 3 heterocycles. The van der Waals surface area contributed by atoms with E-state index in [1.54, 1.807) is 0 Å². The summed E-state index contributed by atoms with van der Waals surface area (Å²) in [4.78, 5) is 11.5. The minimum Gasteiger partial charge on any atom is -0.456 e. The molecule has 4 rings (SSSR count). The number of pyridine rings is 2. The average Bonchev–Trinajstić information content (AvgIpc) is 2.75. The maximum atomic E-state index is 6.29. The second-order valence-electron chi connectivity index (χ2n) is 7.23. The molecule has 1 aromatic carbocycles. The van der Waals surface area contributed by atoms with Crippen molar-refractivity contribution < 1.29 is 9.47 Å². The fourth-order valence-electron chi connectivity index (χ4n) is 3.45. The van der Waals surface area contributed by atoms with E-state index in [1.807, 2.05) is 55.6 Å². The number of aryl methyl sites for hydroxylation is 1. The van der Waals surface area contributed by atoms with Gasteiger partial charge in [0.15, 0.2) is 0 Å². The maximum Gasteiger partial charge on any atom is 0.138 e. The van der Waals surface area contributed by atoms with Gasteiger partial charge in [0.1, 0.15) is 17.3 Å². The van der Waals surface area contributed by atoms with Crippen LogP contribution in [0.3, 0.4) is 0 Å². The van der Waals surface area contributed by atoms with Crippen LogP contribution >= 0.6 is 11.6 Å². The minimum atomic E-state index is 0.600. The zero-order valence-corrected chi connectivity index (χ0v) is 17.7. The third-order valence-corrected chi connectivity index (χ3v) is 5.19. The number of rotatable bonds is 6. The summed E-state index contributed by atoms with van der Waals surface area (Å²) in [5, 5.41) is 0.604. The van der Waals surface area contributed by atoms with E-state index in [0.29, 0.717) is 36.3 Å². The number of morpholine rings is 1. The fourth-order valence-corrected chi connectivity index (χ4v) is 3.61. The summed E-state index contributed by atoms with van der Waals surface area (Å²) in [6.45, 7) is 5.61. The Hall–Kier alpha value is -2.67. The van der Waals surface area contributed by atoms with Crippen LogP contribution in [0.15, 0.2) is 48.7 Å². The van der Waals surface area contributed by atoms with Crippen LogP contribution < -0.4 is 15.4 Å². The van der Waals surface area contributed by atoms with Gasteiger partial charge in [0.25, 0.3) is 0 Å². The van der Waals surface area contributed by atoms with Gasteiger partial charge in [0.2, 0.25) is 0 Å². The van der Waals surface area contributed by atoms with Crippen molar-refractivity contribution in [1.29, 1.82) is 0 Å². The maximum absolute atomic E-state index is 6.29. The highest BCUT2D eigenvalue weighted by Gasteiger charge is 2.16. The number of nitrogens with two attached hydrogens (primary N) is 1. The van der Waals surface area contributed by atoms with E-state index >= 15 is 0 Å². The number of halogens is 1. The van der Waals surface area contributed by atoms with Crippen LogP contribution in [0.5, 0.6) is 11.5 Å². The van der Waals surface area contributed by atoms with E-state index in [2.05, 4.69) is 14.9 Å². The molecule has 156 valence electrons. The smallest absolute Gasteiger partial charge is 0.138 e.